The standard InChI is InChI=1S/C15H23NO2/c1-3-12(17)10-18-13-8-7-11-5-4-6-15(16-2)14(11)9-13/h7-9,12,15-17H,3-6,10H2,1-2H3. The molecule has 0 fully saturated rings. The van der Waals surface area contributed by atoms with Crippen molar-refractivity contribution in [3.63, 3.8) is 0 Å². The summed E-state index contributed by atoms with van der Waals surface area (Å²) in [4.78, 5) is 0. The molecule has 0 amide bonds. The van der Waals surface area contributed by atoms with E-state index in [1.165, 1.54) is 24.0 Å². The minimum atomic E-state index is -0.374. The quantitative estimate of drug-likeness (QED) is 0.842. The van der Waals surface area contributed by atoms with Gasteiger partial charge < -0.3 is 15.2 Å². The van der Waals surface area contributed by atoms with Crippen LogP contribution in [0.4, 0.5) is 0 Å². The van der Waals surface area contributed by atoms with Crippen LogP contribution in [0.1, 0.15) is 43.4 Å². The summed E-state index contributed by atoms with van der Waals surface area (Å²) in [5.41, 5.74) is 2.77. The molecule has 0 heterocycles. The average molecular weight is 249 g/mol. The van der Waals surface area contributed by atoms with Gasteiger partial charge in [0.15, 0.2) is 0 Å². The van der Waals surface area contributed by atoms with Crippen molar-refractivity contribution in [2.24, 2.45) is 0 Å². The molecule has 0 spiro atoms. The Hall–Kier alpha value is -1.06. The Morgan fingerprint density at radius 3 is 3.06 bits per heavy atom. The highest BCUT2D eigenvalue weighted by atomic mass is 16.5. The molecule has 0 saturated carbocycles. The van der Waals surface area contributed by atoms with Crippen LogP contribution in [0.25, 0.3) is 0 Å². The average Bonchev–Trinajstić information content (AvgIpc) is 2.43. The van der Waals surface area contributed by atoms with Crippen LogP contribution in [0, 0.1) is 0 Å². The minimum Gasteiger partial charge on any atom is -0.491 e. The lowest BCUT2D eigenvalue weighted by Crippen LogP contribution is -2.22. The maximum atomic E-state index is 9.52. The van der Waals surface area contributed by atoms with E-state index in [9.17, 15) is 5.11 Å². The molecule has 2 rings (SSSR count). The zero-order chi connectivity index (χ0) is 13.0. The molecule has 0 saturated heterocycles. The first-order valence-corrected chi connectivity index (χ1v) is 6.85. The van der Waals surface area contributed by atoms with E-state index in [0.29, 0.717) is 12.6 Å². The molecule has 2 N–H and O–H groups in total. The first-order valence-electron chi connectivity index (χ1n) is 6.85. The molecule has 1 aromatic rings. The van der Waals surface area contributed by atoms with Crippen molar-refractivity contribution in [3.8, 4) is 5.75 Å². The molecule has 0 radical (unpaired) electrons. The Balaban J connectivity index is 2.10. The molecule has 1 aliphatic rings. The predicted molar refractivity (Wildman–Crippen MR) is 73.0 cm³/mol. The van der Waals surface area contributed by atoms with Gasteiger partial charge in [0.25, 0.3) is 0 Å². The lowest BCUT2D eigenvalue weighted by atomic mass is 9.87. The molecule has 2 atom stereocenters. The monoisotopic (exact) mass is 249 g/mol. The molecule has 0 aromatic heterocycles. The third-order valence-electron chi connectivity index (χ3n) is 3.69. The summed E-state index contributed by atoms with van der Waals surface area (Å²) in [6.07, 6.45) is 3.94. The molecule has 100 valence electrons. The normalized spacial score (nSPS) is 20.3. The maximum Gasteiger partial charge on any atom is 0.119 e. The van der Waals surface area contributed by atoms with E-state index < -0.39 is 0 Å². The van der Waals surface area contributed by atoms with E-state index >= 15 is 0 Å². The zero-order valence-electron chi connectivity index (χ0n) is 11.3. The summed E-state index contributed by atoms with van der Waals surface area (Å²) in [6, 6.07) is 6.73. The van der Waals surface area contributed by atoms with Gasteiger partial charge in [0.2, 0.25) is 0 Å². The number of benzene rings is 1. The predicted octanol–water partition coefficient (Wildman–Crippen LogP) is 2.43. The second-order valence-corrected chi connectivity index (χ2v) is 4.97. The Bertz CT molecular complexity index is 392. The highest BCUT2D eigenvalue weighted by Gasteiger charge is 2.19. The molecule has 0 aliphatic heterocycles. The molecule has 18 heavy (non-hydrogen) atoms. The number of hydrogen-bond acceptors (Lipinski definition) is 3. The van der Waals surface area contributed by atoms with Crippen molar-refractivity contribution in [1.82, 2.24) is 5.32 Å². The molecule has 1 aliphatic carbocycles. The fourth-order valence-electron chi connectivity index (χ4n) is 2.48. The van der Waals surface area contributed by atoms with Crippen molar-refractivity contribution in [2.75, 3.05) is 13.7 Å². The Labute approximate surface area is 109 Å². The fourth-order valence-corrected chi connectivity index (χ4v) is 2.48. The highest BCUT2D eigenvalue weighted by Crippen LogP contribution is 2.32. The van der Waals surface area contributed by atoms with Gasteiger partial charge in [-0.2, -0.15) is 0 Å². The molecule has 0 bridgehead atoms. The van der Waals surface area contributed by atoms with Gasteiger partial charge in [-0.3, -0.25) is 0 Å². The van der Waals surface area contributed by atoms with Crippen molar-refractivity contribution < 1.29 is 9.84 Å². The number of ether oxygens (including phenoxy) is 1. The summed E-state index contributed by atoms with van der Waals surface area (Å²) in [7, 11) is 2.01. The maximum absolute atomic E-state index is 9.52. The summed E-state index contributed by atoms with van der Waals surface area (Å²) in [5, 5.41) is 12.9. The first kappa shape index (κ1) is 13.4. The van der Waals surface area contributed by atoms with Crippen LogP contribution in [0.15, 0.2) is 18.2 Å². The molecule has 2 unspecified atom stereocenters. The second-order valence-electron chi connectivity index (χ2n) is 4.97. The Kier molecular flexibility index (Phi) is 4.61. The molecular weight excluding hydrogens is 226 g/mol. The van der Waals surface area contributed by atoms with Gasteiger partial charge in [-0.15, -0.1) is 0 Å². The lowest BCUT2D eigenvalue weighted by molar-refractivity contribution is 0.104. The van der Waals surface area contributed by atoms with E-state index in [2.05, 4.69) is 17.4 Å². The smallest absolute Gasteiger partial charge is 0.119 e. The van der Waals surface area contributed by atoms with Crippen molar-refractivity contribution >= 4 is 0 Å². The third kappa shape index (κ3) is 3.03. The van der Waals surface area contributed by atoms with E-state index in [-0.39, 0.29) is 6.10 Å². The van der Waals surface area contributed by atoms with Crippen molar-refractivity contribution in [2.45, 2.75) is 44.8 Å². The van der Waals surface area contributed by atoms with E-state index in [1.807, 2.05) is 20.0 Å². The van der Waals surface area contributed by atoms with Crippen LogP contribution in [0.5, 0.6) is 5.75 Å². The van der Waals surface area contributed by atoms with Crippen molar-refractivity contribution in [1.29, 1.82) is 0 Å². The second kappa shape index (κ2) is 6.21. The summed E-state index contributed by atoms with van der Waals surface area (Å²) < 4.78 is 5.64. The van der Waals surface area contributed by atoms with Gasteiger partial charge in [0, 0.05) is 6.04 Å². The number of rotatable bonds is 5. The Morgan fingerprint density at radius 1 is 1.50 bits per heavy atom. The van der Waals surface area contributed by atoms with Crippen LogP contribution in [0.2, 0.25) is 0 Å². The van der Waals surface area contributed by atoms with Gasteiger partial charge in [0.05, 0.1) is 6.10 Å². The van der Waals surface area contributed by atoms with Crippen LogP contribution in [-0.4, -0.2) is 24.9 Å². The van der Waals surface area contributed by atoms with Crippen LogP contribution in [0.3, 0.4) is 0 Å². The summed E-state index contributed by atoms with van der Waals surface area (Å²) in [5.74, 6) is 0.864. The molecule has 3 nitrogen and oxygen atoms in total. The van der Waals surface area contributed by atoms with Crippen LogP contribution in [-0.2, 0) is 6.42 Å². The van der Waals surface area contributed by atoms with Gasteiger partial charge >= 0.3 is 0 Å². The number of fused-ring (bicyclic) bond motifs is 1. The van der Waals surface area contributed by atoms with Crippen LogP contribution >= 0.6 is 0 Å². The van der Waals surface area contributed by atoms with Gasteiger partial charge in [-0.25, -0.2) is 0 Å². The largest absolute Gasteiger partial charge is 0.491 e. The van der Waals surface area contributed by atoms with Gasteiger partial charge in [-0.05, 0) is 56.0 Å². The molecular formula is C15H23NO2. The highest BCUT2D eigenvalue weighted by molar-refractivity contribution is 5.39. The number of nitrogens with one attached hydrogen (secondary N) is 1. The fraction of sp³-hybridized carbons (Fsp3) is 0.600. The van der Waals surface area contributed by atoms with Gasteiger partial charge in [-0.1, -0.05) is 13.0 Å². The minimum absolute atomic E-state index is 0.374. The van der Waals surface area contributed by atoms with E-state index in [0.717, 1.165) is 18.6 Å². The topological polar surface area (TPSA) is 41.5 Å². The summed E-state index contributed by atoms with van der Waals surface area (Å²) in [6.45, 7) is 2.33. The molecule has 1 aromatic carbocycles. The zero-order valence-corrected chi connectivity index (χ0v) is 11.3. The lowest BCUT2D eigenvalue weighted by Gasteiger charge is -2.25. The summed E-state index contributed by atoms with van der Waals surface area (Å²) >= 11 is 0. The van der Waals surface area contributed by atoms with Crippen molar-refractivity contribution in [3.05, 3.63) is 29.3 Å². The SMILES string of the molecule is CCC(O)COc1ccc2c(c1)C(NC)CCC2. The molecule has 3 heteroatoms. The van der Waals surface area contributed by atoms with E-state index in [1.54, 1.807) is 0 Å². The first-order chi connectivity index (χ1) is 8.74. The number of aryl methyl sites for hydroxylation is 1. The van der Waals surface area contributed by atoms with Gasteiger partial charge in [0.1, 0.15) is 12.4 Å². The van der Waals surface area contributed by atoms with E-state index in [4.69, 9.17) is 4.74 Å². The van der Waals surface area contributed by atoms with Crippen LogP contribution < -0.4 is 10.1 Å². The third-order valence-corrected chi connectivity index (χ3v) is 3.69. The number of aliphatic hydroxyl groups is 1. The Morgan fingerprint density at radius 2 is 2.33 bits per heavy atom. The number of hydrogen-bond donors (Lipinski definition) is 2. The number of aliphatic hydroxyl groups excluding tert-OH is 1.